The second-order valence-electron chi connectivity index (χ2n) is 5.10. The number of oxazole rings is 1. The number of benzene rings is 1. The normalized spacial score (nSPS) is 16.6. The van der Waals surface area contributed by atoms with Crippen LogP contribution in [0.1, 0.15) is 12.8 Å². The SMILES string of the molecule is CNC(=O)C1CCN(c2nc3cc(N)ccc3o2)CC1. The van der Waals surface area contributed by atoms with E-state index in [-0.39, 0.29) is 11.8 Å². The number of fused-ring (bicyclic) bond motifs is 1. The molecule has 0 saturated carbocycles. The average molecular weight is 274 g/mol. The lowest BCUT2D eigenvalue weighted by Gasteiger charge is -2.29. The summed E-state index contributed by atoms with van der Waals surface area (Å²) in [6, 6.07) is 6.05. The van der Waals surface area contributed by atoms with Crippen LogP contribution in [0.15, 0.2) is 22.6 Å². The standard InChI is InChI=1S/C14H18N4O2/c1-16-13(19)9-4-6-18(7-5-9)14-17-11-8-10(15)2-3-12(11)20-14/h2-3,8-9H,4-7,15H2,1H3,(H,16,19). The van der Waals surface area contributed by atoms with Gasteiger partial charge in [-0.3, -0.25) is 4.79 Å². The van der Waals surface area contributed by atoms with Crippen LogP contribution < -0.4 is 16.0 Å². The fourth-order valence-electron chi connectivity index (χ4n) is 2.60. The molecule has 20 heavy (non-hydrogen) atoms. The molecular formula is C14H18N4O2. The highest BCUT2D eigenvalue weighted by molar-refractivity contribution is 5.79. The quantitative estimate of drug-likeness (QED) is 0.808. The maximum atomic E-state index is 11.6. The molecule has 1 fully saturated rings. The first kappa shape index (κ1) is 12.8. The topological polar surface area (TPSA) is 84.4 Å². The molecule has 0 bridgehead atoms. The van der Waals surface area contributed by atoms with Gasteiger partial charge in [0.25, 0.3) is 6.01 Å². The largest absolute Gasteiger partial charge is 0.423 e. The zero-order chi connectivity index (χ0) is 14.1. The number of nitrogen functional groups attached to an aromatic ring is 1. The number of rotatable bonds is 2. The van der Waals surface area contributed by atoms with E-state index in [2.05, 4.69) is 15.2 Å². The molecule has 1 amide bonds. The number of hydrogen-bond donors (Lipinski definition) is 2. The third-order valence-electron chi connectivity index (χ3n) is 3.78. The first-order chi connectivity index (χ1) is 9.67. The fourth-order valence-corrected chi connectivity index (χ4v) is 2.60. The average Bonchev–Trinajstić information content (AvgIpc) is 2.89. The number of carbonyl (C=O) groups excluding carboxylic acids is 1. The predicted molar refractivity (Wildman–Crippen MR) is 77.4 cm³/mol. The number of aromatic nitrogens is 1. The minimum atomic E-state index is 0.0938. The summed E-state index contributed by atoms with van der Waals surface area (Å²) >= 11 is 0. The number of nitrogens with two attached hydrogens (primary N) is 1. The maximum Gasteiger partial charge on any atom is 0.298 e. The van der Waals surface area contributed by atoms with E-state index in [9.17, 15) is 4.79 Å². The van der Waals surface area contributed by atoms with Crippen molar-refractivity contribution < 1.29 is 9.21 Å². The number of hydrogen-bond acceptors (Lipinski definition) is 5. The van der Waals surface area contributed by atoms with Crippen molar-refractivity contribution in [3.63, 3.8) is 0 Å². The molecule has 2 heterocycles. The lowest BCUT2D eigenvalue weighted by atomic mass is 9.96. The summed E-state index contributed by atoms with van der Waals surface area (Å²) in [5, 5.41) is 2.71. The van der Waals surface area contributed by atoms with Crippen LogP contribution in [0.4, 0.5) is 11.7 Å². The van der Waals surface area contributed by atoms with E-state index in [1.165, 1.54) is 0 Å². The summed E-state index contributed by atoms with van der Waals surface area (Å²) in [7, 11) is 1.68. The zero-order valence-corrected chi connectivity index (χ0v) is 11.4. The molecule has 1 saturated heterocycles. The minimum Gasteiger partial charge on any atom is -0.423 e. The van der Waals surface area contributed by atoms with E-state index < -0.39 is 0 Å². The third-order valence-corrected chi connectivity index (χ3v) is 3.78. The Bertz CT molecular complexity index is 629. The van der Waals surface area contributed by atoms with E-state index in [0.717, 1.165) is 37.0 Å². The van der Waals surface area contributed by atoms with Gasteiger partial charge in [0.15, 0.2) is 5.58 Å². The number of anilines is 2. The van der Waals surface area contributed by atoms with Gasteiger partial charge in [0.1, 0.15) is 5.52 Å². The summed E-state index contributed by atoms with van der Waals surface area (Å²) in [6.07, 6.45) is 1.64. The Morgan fingerprint density at radius 1 is 1.45 bits per heavy atom. The van der Waals surface area contributed by atoms with Crippen molar-refractivity contribution in [3.05, 3.63) is 18.2 Å². The third kappa shape index (κ3) is 2.29. The predicted octanol–water partition coefficient (Wildman–Crippen LogP) is 1.37. The molecule has 0 aliphatic carbocycles. The Morgan fingerprint density at radius 3 is 2.90 bits per heavy atom. The first-order valence-corrected chi connectivity index (χ1v) is 6.80. The van der Waals surface area contributed by atoms with Crippen LogP contribution in [0.25, 0.3) is 11.1 Å². The molecule has 0 atom stereocenters. The Balaban J connectivity index is 1.75. The van der Waals surface area contributed by atoms with Gasteiger partial charge in [-0.2, -0.15) is 4.98 Å². The molecule has 1 aromatic carbocycles. The smallest absolute Gasteiger partial charge is 0.298 e. The molecule has 6 nitrogen and oxygen atoms in total. The Kier molecular flexibility index (Phi) is 3.22. The molecule has 1 aliphatic rings. The van der Waals surface area contributed by atoms with Crippen molar-refractivity contribution in [3.8, 4) is 0 Å². The molecule has 1 aliphatic heterocycles. The van der Waals surface area contributed by atoms with Crippen LogP contribution >= 0.6 is 0 Å². The highest BCUT2D eigenvalue weighted by Gasteiger charge is 2.26. The van der Waals surface area contributed by atoms with Gasteiger partial charge in [0.05, 0.1) is 0 Å². The molecule has 6 heteroatoms. The number of nitrogens with one attached hydrogen (secondary N) is 1. The van der Waals surface area contributed by atoms with Crippen LogP contribution in [0.3, 0.4) is 0 Å². The van der Waals surface area contributed by atoms with Crippen LogP contribution in [0.2, 0.25) is 0 Å². The monoisotopic (exact) mass is 274 g/mol. The summed E-state index contributed by atoms with van der Waals surface area (Å²) in [5.41, 5.74) is 7.93. The van der Waals surface area contributed by atoms with Crippen molar-refractivity contribution in [2.45, 2.75) is 12.8 Å². The van der Waals surface area contributed by atoms with Crippen molar-refractivity contribution in [2.24, 2.45) is 5.92 Å². The van der Waals surface area contributed by atoms with Crippen LogP contribution in [0, 0.1) is 5.92 Å². The molecule has 2 aromatic rings. The van der Waals surface area contributed by atoms with Crippen molar-refractivity contribution in [1.82, 2.24) is 10.3 Å². The van der Waals surface area contributed by atoms with E-state index in [1.807, 2.05) is 6.07 Å². The summed E-state index contributed by atoms with van der Waals surface area (Å²) < 4.78 is 5.74. The molecule has 1 aromatic heterocycles. The Morgan fingerprint density at radius 2 is 2.20 bits per heavy atom. The van der Waals surface area contributed by atoms with Crippen molar-refractivity contribution >= 4 is 28.7 Å². The maximum absolute atomic E-state index is 11.6. The van der Waals surface area contributed by atoms with Crippen LogP contribution in [-0.2, 0) is 4.79 Å². The fraction of sp³-hybridized carbons (Fsp3) is 0.429. The zero-order valence-electron chi connectivity index (χ0n) is 11.4. The number of amides is 1. The van der Waals surface area contributed by atoms with Gasteiger partial charge in [-0.25, -0.2) is 0 Å². The Labute approximate surface area is 116 Å². The highest BCUT2D eigenvalue weighted by atomic mass is 16.4. The van der Waals surface area contributed by atoms with E-state index in [0.29, 0.717) is 11.7 Å². The van der Waals surface area contributed by atoms with Gasteiger partial charge in [0.2, 0.25) is 5.91 Å². The van der Waals surface area contributed by atoms with Gasteiger partial charge in [-0.15, -0.1) is 0 Å². The number of piperidine rings is 1. The van der Waals surface area contributed by atoms with Gasteiger partial charge in [-0.05, 0) is 31.0 Å². The lowest BCUT2D eigenvalue weighted by molar-refractivity contribution is -0.125. The highest BCUT2D eigenvalue weighted by Crippen LogP contribution is 2.27. The second kappa shape index (κ2) is 5.03. The first-order valence-electron chi connectivity index (χ1n) is 6.80. The van der Waals surface area contributed by atoms with Gasteiger partial charge in [0, 0.05) is 31.7 Å². The molecular weight excluding hydrogens is 256 g/mol. The van der Waals surface area contributed by atoms with E-state index in [4.69, 9.17) is 10.2 Å². The van der Waals surface area contributed by atoms with Gasteiger partial charge < -0.3 is 20.4 Å². The van der Waals surface area contributed by atoms with Crippen molar-refractivity contribution in [2.75, 3.05) is 30.8 Å². The molecule has 0 spiro atoms. The van der Waals surface area contributed by atoms with E-state index >= 15 is 0 Å². The minimum absolute atomic E-state index is 0.0938. The molecule has 3 rings (SSSR count). The van der Waals surface area contributed by atoms with Crippen LogP contribution in [0.5, 0.6) is 0 Å². The van der Waals surface area contributed by atoms with Gasteiger partial charge in [-0.1, -0.05) is 0 Å². The number of carbonyl (C=O) groups is 1. The van der Waals surface area contributed by atoms with Crippen molar-refractivity contribution in [1.29, 1.82) is 0 Å². The van der Waals surface area contributed by atoms with Crippen LogP contribution in [-0.4, -0.2) is 31.0 Å². The Hall–Kier alpha value is -2.24. The molecule has 106 valence electrons. The summed E-state index contributed by atoms with van der Waals surface area (Å²) in [5.74, 6) is 0.214. The molecule has 0 radical (unpaired) electrons. The summed E-state index contributed by atoms with van der Waals surface area (Å²) in [4.78, 5) is 18.2. The second-order valence-corrected chi connectivity index (χ2v) is 5.10. The molecule has 0 unspecified atom stereocenters. The lowest BCUT2D eigenvalue weighted by Crippen LogP contribution is -2.39. The summed E-state index contributed by atoms with van der Waals surface area (Å²) in [6.45, 7) is 1.56. The molecule has 3 N–H and O–H groups in total. The van der Waals surface area contributed by atoms with E-state index in [1.54, 1.807) is 19.2 Å². The van der Waals surface area contributed by atoms with Gasteiger partial charge >= 0.3 is 0 Å². The number of nitrogens with zero attached hydrogens (tertiary/aromatic N) is 2.